The number of nitrogens with one attached hydrogen (secondary N) is 2. The number of quaternary nitrogens is 1. The van der Waals surface area contributed by atoms with Crippen molar-refractivity contribution in [2.24, 2.45) is 11.8 Å². The molecule has 28 heavy (non-hydrogen) atoms. The summed E-state index contributed by atoms with van der Waals surface area (Å²) in [6, 6.07) is 8.20. The van der Waals surface area contributed by atoms with Gasteiger partial charge in [-0.05, 0) is 18.1 Å². The van der Waals surface area contributed by atoms with Gasteiger partial charge in [0.25, 0.3) is 0 Å². The zero-order valence-electron chi connectivity index (χ0n) is 16.8. The maximum atomic E-state index is 13.2. The molecule has 0 saturated carbocycles. The number of amides is 1. The minimum absolute atomic E-state index is 0.0293. The molecule has 0 aliphatic carbocycles. The lowest BCUT2D eigenvalue weighted by atomic mass is 9.67. The number of para-hydroxylation sites is 1. The van der Waals surface area contributed by atoms with Gasteiger partial charge in [-0.25, -0.2) is 4.79 Å². The van der Waals surface area contributed by atoms with Crippen molar-refractivity contribution < 1.29 is 24.0 Å². The Morgan fingerprint density at radius 1 is 1.36 bits per heavy atom. The van der Waals surface area contributed by atoms with Gasteiger partial charge in [-0.1, -0.05) is 25.1 Å². The molecule has 0 radical (unpaired) electrons. The first kappa shape index (κ1) is 19.0. The monoisotopic (exact) mass is 385 g/mol. The Balaban J connectivity index is 1.74. The van der Waals surface area contributed by atoms with Gasteiger partial charge in [0, 0.05) is 30.4 Å². The summed E-state index contributed by atoms with van der Waals surface area (Å²) in [6.07, 6.45) is 4.14. The number of esters is 1. The number of carbonyl (C=O) groups excluding carboxylic acids is 2. The Hall–Kier alpha value is -2.34. The molecule has 2 saturated heterocycles. The summed E-state index contributed by atoms with van der Waals surface area (Å²) < 4.78 is 10.3. The number of rotatable bonds is 4. The van der Waals surface area contributed by atoms with Crippen molar-refractivity contribution in [2.75, 3.05) is 32.6 Å². The number of benzene rings is 1. The first-order valence-corrected chi connectivity index (χ1v) is 10.1. The topological polar surface area (TPSA) is 69.1 Å². The van der Waals surface area contributed by atoms with Crippen molar-refractivity contribution in [3.63, 3.8) is 0 Å². The lowest BCUT2D eigenvalue weighted by Gasteiger charge is -2.42. The van der Waals surface area contributed by atoms with Crippen molar-refractivity contribution >= 4 is 17.6 Å². The molecule has 2 fully saturated rings. The van der Waals surface area contributed by atoms with E-state index < -0.39 is 5.41 Å². The number of anilines is 1. The standard InChI is InChI=1S/C22H28N2O4/c1-4-14-12-24-10-9-22(17-7-5-6-8-18(17)23-21(22)26)19(24)11-15(14)16(13-27-2)20(25)28-3/h5-8,13-15,19H,4,9-12H2,1-3H3,(H,23,26)/p+1/b16-13+/t14-,15-,19-,22-/m0/s1. The van der Waals surface area contributed by atoms with Crippen LogP contribution in [0.3, 0.4) is 0 Å². The third kappa shape index (κ3) is 2.65. The summed E-state index contributed by atoms with van der Waals surface area (Å²) in [7, 11) is 2.97. The van der Waals surface area contributed by atoms with Crippen LogP contribution in [0.15, 0.2) is 36.1 Å². The fraction of sp³-hybridized carbons (Fsp3) is 0.545. The number of hydrogen-bond donors (Lipinski definition) is 2. The number of piperidine rings is 1. The maximum absolute atomic E-state index is 13.2. The lowest BCUT2D eigenvalue weighted by Crippen LogP contribution is -3.16. The van der Waals surface area contributed by atoms with E-state index in [0.717, 1.165) is 43.6 Å². The molecule has 1 aromatic carbocycles. The molecule has 3 aliphatic heterocycles. The molecule has 1 unspecified atom stereocenters. The van der Waals surface area contributed by atoms with Gasteiger partial charge in [-0.2, -0.15) is 0 Å². The van der Waals surface area contributed by atoms with Crippen LogP contribution in [-0.4, -0.2) is 45.2 Å². The molecule has 0 bridgehead atoms. The van der Waals surface area contributed by atoms with E-state index in [1.54, 1.807) is 7.11 Å². The van der Waals surface area contributed by atoms with Crippen molar-refractivity contribution in [2.45, 2.75) is 37.6 Å². The molecular formula is C22H29N2O4+. The van der Waals surface area contributed by atoms with Gasteiger partial charge in [0.05, 0.1) is 39.1 Å². The van der Waals surface area contributed by atoms with Gasteiger partial charge >= 0.3 is 5.97 Å². The fourth-order valence-corrected chi connectivity index (χ4v) is 5.87. The van der Waals surface area contributed by atoms with Crippen molar-refractivity contribution in [1.29, 1.82) is 0 Å². The Kier molecular flexibility index (Phi) is 4.91. The van der Waals surface area contributed by atoms with Crippen LogP contribution in [-0.2, 0) is 24.5 Å². The van der Waals surface area contributed by atoms with E-state index in [4.69, 9.17) is 9.47 Å². The second-order valence-corrected chi connectivity index (χ2v) is 8.20. The van der Waals surface area contributed by atoms with Gasteiger partial charge < -0.3 is 19.7 Å². The zero-order valence-corrected chi connectivity index (χ0v) is 16.8. The van der Waals surface area contributed by atoms with Crippen LogP contribution >= 0.6 is 0 Å². The fourth-order valence-electron chi connectivity index (χ4n) is 5.87. The van der Waals surface area contributed by atoms with E-state index in [9.17, 15) is 9.59 Å². The molecule has 0 aromatic heterocycles. The predicted octanol–water partition coefficient (Wildman–Crippen LogP) is 1.28. The first-order valence-electron chi connectivity index (χ1n) is 10.1. The van der Waals surface area contributed by atoms with Crippen LogP contribution in [0.2, 0.25) is 0 Å². The Labute approximate surface area is 165 Å². The summed E-state index contributed by atoms with van der Waals surface area (Å²) >= 11 is 0. The Morgan fingerprint density at radius 3 is 2.86 bits per heavy atom. The number of hydrogen-bond acceptors (Lipinski definition) is 4. The molecule has 3 aliphatic rings. The molecule has 1 aromatic rings. The summed E-state index contributed by atoms with van der Waals surface area (Å²) in [5, 5.41) is 3.11. The quantitative estimate of drug-likeness (QED) is 0.466. The Morgan fingerprint density at radius 2 is 2.14 bits per heavy atom. The van der Waals surface area contributed by atoms with E-state index in [2.05, 4.69) is 18.3 Å². The minimum Gasteiger partial charge on any atom is -0.504 e. The minimum atomic E-state index is -0.503. The van der Waals surface area contributed by atoms with Crippen LogP contribution in [0.25, 0.3) is 0 Å². The molecular weight excluding hydrogens is 356 g/mol. The van der Waals surface area contributed by atoms with Crippen LogP contribution < -0.4 is 10.2 Å². The highest BCUT2D eigenvalue weighted by Crippen LogP contribution is 2.47. The number of ether oxygens (including phenoxy) is 2. The van der Waals surface area contributed by atoms with Crippen molar-refractivity contribution in [3.8, 4) is 0 Å². The summed E-state index contributed by atoms with van der Waals surface area (Å²) in [5.74, 6) is 0.165. The molecule has 6 nitrogen and oxygen atoms in total. The SMILES string of the molecule is CC[C@H]1C[NH+]2CC[C@@]3(C(=O)Nc4ccccc43)[C@@H]2C[C@@H]1/C(=C\OC)C(=O)OC. The summed E-state index contributed by atoms with van der Waals surface area (Å²) in [4.78, 5) is 27.2. The highest BCUT2D eigenvalue weighted by atomic mass is 16.5. The van der Waals surface area contributed by atoms with Crippen LogP contribution in [0.4, 0.5) is 5.69 Å². The van der Waals surface area contributed by atoms with E-state index >= 15 is 0 Å². The van der Waals surface area contributed by atoms with Crippen LogP contribution in [0, 0.1) is 11.8 Å². The lowest BCUT2D eigenvalue weighted by molar-refractivity contribution is -0.924. The first-order chi connectivity index (χ1) is 13.6. The average molecular weight is 385 g/mol. The molecule has 6 heteroatoms. The molecule has 4 rings (SSSR count). The highest BCUT2D eigenvalue weighted by molar-refractivity contribution is 6.07. The second-order valence-electron chi connectivity index (χ2n) is 8.20. The molecule has 2 N–H and O–H groups in total. The second kappa shape index (κ2) is 7.24. The zero-order chi connectivity index (χ0) is 19.9. The molecule has 150 valence electrons. The van der Waals surface area contributed by atoms with Crippen LogP contribution in [0.5, 0.6) is 0 Å². The summed E-state index contributed by atoms with van der Waals surface area (Å²) in [5.41, 5.74) is 2.13. The largest absolute Gasteiger partial charge is 0.504 e. The van der Waals surface area contributed by atoms with Crippen molar-refractivity contribution in [1.82, 2.24) is 0 Å². The van der Waals surface area contributed by atoms with Gasteiger partial charge in [0.15, 0.2) is 0 Å². The molecule has 1 amide bonds. The molecule has 3 heterocycles. The number of methoxy groups -OCH3 is 2. The molecule has 1 spiro atoms. The van der Waals surface area contributed by atoms with E-state index in [-0.39, 0.29) is 23.8 Å². The van der Waals surface area contributed by atoms with E-state index in [1.165, 1.54) is 18.3 Å². The highest BCUT2D eigenvalue weighted by Gasteiger charge is 2.63. The van der Waals surface area contributed by atoms with Crippen LogP contribution in [0.1, 0.15) is 31.7 Å². The van der Waals surface area contributed by atoms with E-state index in [0.29, 0.717) is 11.5 Å². The summed E-state index contributed by atoms with van der Waals surface area (Å²) in [6.45, 7) is 4.11. The maximum Gasteiger partial charge on any atom is 0.337 e. The smallest absolute Gasteiger partial charge is 0.337 e. The van der Waals surface area contributed by atoms with Gasteiger partial charge in [-0.15, -0.1) is 0 Å². The van der Waals surface area contributed by atoms with Crippen molar-refractivity contribution in [3.05, 3.63) is 41.7 Å². The van der Waals surface area contributed by atoms with Gasteiger partial charge in [-0.3, -0.25) is 4.79 Å². The normalized spacial score (nSPS) is 34.0. The van der Waals surface area contributed by atoms with Gasteiger partial charge in [0.1, 0.15) is 11.5 Å². The van der Waals surface area contributed by atoms with Gasteiger partial charge in [0.2, 0.25) is 5.91 Å². The number of fused-ring (bicyclic) bond motifs is 4. The Bertz CT molecular complexity index is 821. The predicted molar refractivity (Wildman–Crippen MR) is 105 cm³/mol. The van der Waals surface area contributed by atoms with E-state index in [1.807, 2.05) is 18.2 Å². The third-order valence-electron chi connectivity index (χ3n) is 7.16. The number of carbonyl (C=O) groups is 2. The third-order valence-corrected chi connectivity index (χ3v) is 7.16. The molecule has 5 atom stereocenters. The average Bonchev–Trinajstić information content (AvgIpc) is 3.23.